The van der Waals surface area contributed by atoms with Crippen molar-refractivity contribution < 1.29 is 13.4 Å². The molecule has 0 N–H and O–H groups in total. The zero-order valence-corrected chi connectivity index (χ0v) is 23.4. The van der Waals surface area contributed by atoms with Crippen LogP contribution in [0.25, 0.3) is 11.3 Å². The van der Waals surface area contributed by atoms with Crippen molar-refractivity contribution in [3.8, 4) is 0 Å². The summed E-state index contributed by atoms with van der Waals surface area (Å²) in [6, 6.07) is 12.1. The molecule has 40 heavy (non-hydrogen) atoms. The first-order valence-electron chi connectivity index (χ1n) is 11.9. The maximum Gasteiger partial charge on any atom is 0.303 e. The van der Waals surface area contributed by atoms with Gasteiger partial charge >= 0.3 is 6.01 Å². The molecule has 0 saturated carbocycles. The molecule has 0 saturated heterocycles. The molecule has 0 aromatic carbocycles. The lowest BCUT2D eigenvalue weighted by Gasteiger charge is -2.46. The van der Waals surface area contributed by atoms with Gasteiger partial charge in [-0.3, -0.25) is 4.90 Å². The molecule has 2 atom stereocenters. The summed E-state index contributed by atoms with van der Waals surface area (Å²) >= 11 is 5.76. The number of rotatable bonds is 7. The normalized spacial score (nSPS) is 21.1. The fourth-order valence-electron chi connectivity index (χ4n) is 5.73. The molecule has 1 aliphatic heterocycles. The molecule has 14 heteroatoms. The minimum absolute atomic E-state index is 0.310. The Bertz CT molecular complexity index is 1770. The van der Waals surface area contributed by atoms with E-state index in [0.717, 1.165) is 21.2 Å². The van der Waals surface area contributed by atoms with Crippen molar-refractivity contribution in [2.24, 2.45) is 0 Å². The van der Waals surface area contributed by atoms with Gasteiger partial charge in [-0.15, -0.1) is 27.8 Å². The van der Waals surface area contributed by atoms with E-state index < -0.39 is 11.0 Å². The van der Waals surface area contributed by atoms with Crippen LogP contribution in [0.1, 0.15) is 32.7 Å². The lowest BCUT2D eigenvalue weighted by atomic mass is 9.61. The van der Waals surface area contributed by atoms with E-state index in [0.29, 0.717) is 28.9 Å². The van der Waals surface area contributed by atoms with E-state index in [9.17, 15) is 0 Å². The number of nitrogens with zero attached hydrogens (tertiary/aromatic N) is 7. The molecule has 0 amide bonds. The fraction of sp³-hybridized carbons (Fsp3) is 0.0769. The van der Waals surface area contributed by atoms with E-state index >= 15 is 0 Å². The highest BCUT2D eigenvalue weighted by atomic mass is 32.1. The van der Waals surface area contributed by atoms with Crippen molar-refractivity contribution in [1.82, 2.24) is 29.1 Å². The molecular formula is C26H15N7O3S4. The topological polar surface area (TPSA) is 120 Å². The van der Waals surface area contributed by atoms with E-state index in [1.54, 1.807) is 42.5 Å². The molecule has 7 aromatic rings. The summed E-state index contributed by atoms with van der Waals surface area (Å²) in [4.78, 5) is 12.5. The number of thiophene rings is 1. The third kappa shape index (κ3) is 3.01. The lowest BCUT2D eigenvalue weighted by molar-refractivity contribution is 0.307. The van der Waals surface area contributed by atoms with Crippen LogP contribution in [-0.4, -0.2) is 29.1 Å². The van der Waals surface area contributed by atoms with Crippen LogP contribution in [0.2, 0.25) is 0 Å². The molecule has 196 valence electrons. The average Bonchev–Trinajstić information content (AvgIpc) is 3.85. The number of furan rings is 1. The first kappa shape index (κ1) is 23.6. The molecule has 0 radical (unpaired) electrons. The predicted octanol–water partition coefficient (Wildman–Crippen LogP) is 6.40. The van der Waals surface area contributed by atoms with Crippen LogP contribution in [0.5, 0.6) is 0 Å². The molecule has 2 unspecified atom stereocenters. The largest absolute Gasteiger partial charge is 0.466 e. The molecule has 0 aliphatic carbocycles. The first-order chi connectivity index (χ1) is 19.9. The van der Waals surface area contributed by atoms with Gasteiger partial charge in [0.25, 0.3) is 0 Å². The van der Waals surface area contributed by atoms with Crippen molar-refractivity contribution in [2.45, 2.75) is 11.0 Å². The van der Waals surface area contributed by atoms with E-state index in [1.165, 1.54) is 34.4 Å². The molecule has 8 rings (SSSR count). The maximum absolute atomic E-state index is 6.37. The Morgan fingerprint density at radius 1 is 0.825 bits per heavy atom. The number of hydrogen-bond acceptors (Lipinski definition) is 14. The molecule has 10 nitrogen and oxygen atoms in total. The Morgan fingerprint density at radius 2 is 1.82 bits per heavy atom. The first-order valence-corrected chi connectivity index (χ1v) is 15.3. The van der Waals surface area contributed by atoms with E-state index in [1.807, 2.05) is 51.4 Å². The van der Waals surface area contributed by atoms with Crippen molar-refractivity contribution in [3.05, 3.63) is 122 Å². The van der Waals surface area contributed by atoms with Crippen LogP contribution < -0.4 is 4.90 Å². The second-order valence-corrected chi connectivity index (χ2v) is 11.8. The SMILES string of the molecule is c1coc(C2(c3csnn3)N(c3ncco3)C(c3ccon3)=C(c3nccs3)C2(c2ccsn2)c2cccs2)c1. The van der Waals surface area contributed by atoms with E-state index in [4.69, 9.17) is 27.8 Å². The zero-order chi connectivity index (χ0) is 26.6. The van der Waals surface area contributed by atoms with Crippen LogP contribution in [0, 0.1) is 0 Å². The van der Waals surface area contributed by atoms with E-state index in [2.05, 4.69) is 26.1 Å². The Morgan fingerprint density at radius 3 is 2.48 bits per heavy atom. The van der Waals surface area contributed by atoms with Gasteiger partial charge in [-0.25, -0.2) is 9.97 Å². The second-order valence-electron chi connectivity index (χ2n) is 8.69. The fourth-order valence-corrected chi connectivity index (χ4v) is 8.52. The van der Waals surface area contributed by atoms with Crippen molar-refractivity contribution in [1.29, 1.82) is 0 Å². The van der Waals surface area contributed by atoms with Crippen molar-refractivity contribution in [3.63, 3.8) is 0 Å². The summed E-state index contributed by atoms with van der Waals surface area (Å²) in [5.74, 6) is 0.590. The maximum atomic E-state index is 6.37. The smallest absolute Gasteiger partial charge is 0.303 e. The number of hydrogen-bond donors (Lipinski definition) is 0. The summed E-state index contributed by atoms with van der Waals surface area (Å²) < 4.78 is 27.2. The minimum atomic E-state index is -1.26. The quantitative estimate of drug-likeness (QED) is 0.203. The summed E-state index contributed by atoms with van der Waals surface area (Å²) in [6.45, 7) is 0. The number of thiazole rings is 1. The van der Waals surface area contributed by atoms with Crippen LogP contribution in [-0.2, 0) is 11.0 Å². The Balaban J connectivity index is 1.68. The van der Waals surface area contributed by atoms with Gasteiger partial charge in [0, 0.05) is 38.9 Å². The van der Waals surface area contributed by atoms with Crippen LogP contribution >= 0.6 is 45.7 Å². The molecule has 7 aromatic heterocycles. The van der Waals surface area contributed by atoms with Gasteiger partial charge in [-0.2, -0.15) is 4.37 Å². The minimum Gasteiger partial charge on any atom is -0.466 e. The van der Waals surface area contributed by atoms with Crippen molar-refractivity contribution in [2.75, 3.05) is 4.90 Å². The van der Waals surface area contributed by atoms with Gasteiger partial charge in [0.15, 0.2) is 5.54 Å². The van der Waals surface area contributed by atoms with Crippen LogP contribution in [0.3, 0.4) is 0 Å². The van der Waals surface area contributed by atoms with Crippen LogP contribution in [0.4, 0.5) is 6.01 Å². The highest BCUT2D eigenvalue weighted by molar-refractivity contribution is 7.11. The van der Waals surface area contributed by atoms with Gasteiger partial charge in [-0.05, 0) is 52.7 Å². The zero-order valence-electron chi connectivity index (χ0n) is 20.1. The average molecular weight is 602 g/mol. The van der Waals surface area contributed by atoms with Crippen LogP contribution in [0.15, 0.2) is 102 Å². The Labute approximate surface area is 242 Å². The highest BCUT2D eigenvalue weighted by Crippen LogP contribution is 2.69. The molecule has 8 heterocycles. The van der Waals surface area contributed by atoms with Gasteiger partial charge in [-0.1, -0.05) is 15.7 Å². The van der Waals surface area contributed by atoms with Crippen molar-refractivity contribution >= 4 is 63.0 Å². The number of oxazole rings is 1. The summed E-state index contributed by atoms with van der Waals surface area (Å²) in [5, 5.41) is 17.8. The summed E-state index contributed by atoms with van der Waals surface area (Å²) in [6.07, 6.45) is 8.14. The summed E-state index contributed by atoms with van der Waals surface area (Å²) in [5.41, 5.74) is 1.16. The monoisotopic (exact) mass is 601 g/mol. The van der Waals surface area contributed by atoms with E-state index in [-0.39, 0.29) is 0 Å². The molecule has 0 spiro atoms. The van der Waals surface area contributed by atoms with Gasteiger partial charge in [0.2, 0.25) is 0 Å². The highest BCUT2D eigenvalue weighted by Gasteiger charge is 2.73. The Hall–Kier alpha value is -4.24. The predicted molar refractivity (Wildman–Crippen MR) is 151 cm³/mol. The molecule has 0 fully saturated rings. The number of aromatic nitrogens is 6. The second kappa shape index (κ2) is 9.16. The third-order valence-corrected chi connectivity index (χ3v) is 9.82. The lowest BCUT2D eigenvalue weighted by Crippen LogP contribution is -2.57. The van der Waals surface area contributed by atoms with Gasteiger partial charge < -0.3 is 13.4 Å². The van der Waals surface area contributed by atoms with Gasteiger partial charge in [0.1, 0.15) is 40.1 Å². The standard InChI is InChI=1S/C26H15N7O3S4/c1-3-19(34-9-1)26(18-15-40-32-29-18)25(17-6-13-39-31-17,20-4-2-12-37-20)21(23-27-8-14-38-23)22(16-5-10-36-30-16)33(26)24-28-7-11-35-24/h1-15H. The molecule has 1 aliphatic rings. The molecular weight excluding hydrogens is 587 g/mol. The number of anilines is 1. The van der Waals surface area contributed by atoms with Gasteiger partial charge in [0.05, 0.1) is 23.9 Å². The Kier molecular flexibility index (Phi) is 5.41. The summed E-state index contributed by atoms with van der Waals surface area (Å²) in [7, 11) is 0. The third-order valence-electron chi connectivity index (χ3n) is 6.97. The molecule has 0 bridgehead atoms.